The average Bonchev–Trinajstić information content (AvgIpc) is 2.40. The predicted octanol–water partition coefficient (Wildman–Crippen LogP) is 4.16. The van der Waals surface area contributed by atoms with Crippen molar-refractivity contribution >= 4 is 60.5 Å². The molecule has 0 aliphatic rings. The van der Waals surface area contributed by atoms with Crippen LogP contribution in [0, 0.1) is 0 Å². The Morgan fingerprint density at radius 1 is 1.14 bits per heavy atom. The Morgan fingerprint density at radius 2 is 1.81 bits per heavy atom. The van der Waals surface area contributed by atoms with Crippen LogP contribution in [0.25, 0.3) is 0 Å². The van der Waals surface area contributed by atoms with E-state index in [9.17, 15) is 8.42 Å². The largest absolute Gasteiger partial charge is 0.397 e. The van der Waals surface area contributed by atoms with Gasteiger partial charge in [0.25, 0.3) is 10.0 Å². The molecule has 0 fully saturated rings. The van der Waals surface area contributed by atoms with Crippen molar-refractivity contribution in [1.29, 1.82) is 0 Å². The van der Waals surface area contributed by atoms with Gasteiger partial charge in [-0.2, -0.15) is 0 Å². The van der Waals surface area contributed by atoms with Crippen LogP contribution in [0.5, 0.6) is 0 Å². The van der Waals surface area contributed by atoms with Crippen molar-refractivity contribution in [3.63, 3.8) is 0 Å². The minimum atomic E-state index is -3.84. The monoisotopic (exact) mass is 408 g/mol. The van der Waals surface area contributed by atoms with Crippen LogP contribution in [0.1, 0.15) is 0 Å². The van der Waals surface area contributed by atoms with Crippen LogP contribution in [0.15, 0.2) is 45.8 Å². The van der Waals surface area contributed by atoms with E-state index >= 15 is 0 Å². The van der Waals surface area contributed by atoms with Gasteiger partial charge in [-0.15, -0.1) is 0 Å². The molecule has 2 aromatic carbocycles. The van der Waals surface area contributed by atoms with Gasteiger partial charge in [0, 0.05) is 16.5 Å². The van der Waals surface area contributed by atoms with Gasteiger partial charge in [0.05, 0.1) is 16.4 Å². The molecule has 2 N–H and O–H groups in total. The third kappa shape index (κ3) is 3.29. The fourth-order valence-electron chi connectivity index (χ4n) is 1.75. The number of halogens is 3. The molecule has 0 saturated heterocycles. The summed E-state index contributed by atoms with van der Waals surface area (Å²) in [4.78, 5) is -0.00533. The highest BCUT2D eigenvalue weighted by Crippen LogP contribution is 2.33. The first-order valence-electron chi connectivity index (χ1n) is 5.72. The zero-order chi connectivity index (χ0) is 15.8. The molecule has 0 unspecified atom stereocenters. The van der Waals surface area contributed by atoms with E-state index in [1.807, 2.05) is 0 Å². The van der Waals surface area contributed by atoms with Crippen LogP contribution in [-0.2, 0) is 10.0 Å². The number of nitrogen functional groups attached to an aromatic ring is 1. The number of nitrogens with two attached hydrogens (primary N) is 1. The number of nitrogens with zero attached hydrogens (tertiary/aromatic N) is 1. The van der Waals surface area contributed by atoms with E-state index in [1.165, 1.54) is 25.2 Å². The van der Waals surface area contributed by atoms with E-state index in [2.05, 4.69) is 15.9 Å². The second-order valence-electron chi connectivity index (χ2n) is 4.25. The van der Waals surface area contributed by atoms with Crippen LogP contribution >= 0.6 is 39.1 Å². The molecule has 4 nitrogen and oxygen atoms in total. The topological polar surface area (TPSA) is 63.4 Å². The zero-order valence-corrected chi connectivity index (χ0v) is 14.8. The summed E-state index contributed by atoms with van der Waals surface area (Å²) in [6, 6.07) is 9.18. The van der Waals surface area contributed by atoms with E-state index in [1.54, 1.807) is 18.2 Å². The second-order valence-corrected chi connectivity index (χ2v) is 7.95. The third-order valence-electron chi connectivity index (χ3n) is 2.86. The van der Waals surface area contributed by atoms with Gasteiger partial charge in [0.1, 0.15) is 4.90 Å². The number of hydrogen-bond donors (Lipinski definition) is 1. The first-order valence-corrected chi connectivity index (χ1v) is 8.71. The Kier molecular flexibility index (Phi) is 4.72. The lowest BCUT2D eigenvalue weighted by Gasteiger charge is -2.22. The summed E-state index contributed by atoms with van der Waals surface area (Å²) in [7, 11) is -2.44. The molecule has 0 bridgehead atoms. The first kappa shape index (κ1) is 16.4. The van der Waals surface area contributed by atoms with Crippen molar-refractivity contribution in [2.24, 2.45) is 0 Å². The second kappa shape index (κ2) is 6.04. The van der Waals surface area contributed by atoms with E-state index in [-0.39, 0.29) is 9.92 Å². The molecular formula is C13H11BrCl2N2O2S. The quantitative estimate of drug-likeness (QED) is 0.774. The van der Waals surface area contributed by atoms with E-state index in [0.717, 1.165) is 4.31 Å². The van der Waals surface area contributed by atoms with Crippen molar-refractivity contribution < 1.29 is 8.42 Å². The Labute approximate surface area is 141 Å². The molecule has 0 spiro atoms. The molecule has 2 aromatic rings. The zero-order valence-electron chi connectivity index (χ0n) is 10.8. The molecule has 0 atom stereocenters. The van der Waals surface area contributed by atoms with E-state index < -0.39 is 10.0 Å². The maximum absolute atomic E-state index is 12.7. The molecule has 0 aromatic heterocycles. The van der Waals surface area contributed by atoms with Crippen molar-refractivity contribution in [3.8, 4) is 0 Å². The molecule has 112 valence electrons. The SMILES string of the molecule is CN(c1cc(Cl)ccc1N)S(=O)(=O)c1ccc(Br)cc1Cl. The van der Waals surface area contributed by atoms with Gasteiger partial charge in [-0.25, -0.2) is 8.42 Å². The minimum Gasteiger partial charge on any atom is -0.397 e. The molecular weight excluding hydrogens is 399 g/mol. The number of rotatable bonds is 3. The van der Waals surface area contributed by atoms with Crippen molar-refractivity contribution in [1.82, 2.24) is 0 Å². The van der Waals surface area contributed by atoms with E-state index in [4.69, 9.17) is 28.9 Å². The molecule has 21 heavy (non-hydrogen) atoms. The summed E-state index contributed by atoms with van der Waals surface area (Å²) in [6.45, 7) is 0. The third-order valence-corrected chi connectivity index (χ3v) is 5.85. The van der Waals surface area contributed by atoms with Gasteiger partial charge in [-0.1, -0.05) is 39.1 Å². The lowest BCUT2D eigenvalue weighted by Crippen LogP contribution is -2.27. The van der Waals surface area contributed by atoms with Gasteiger partial charge in [0.2, 0.25) is 0 Å². The highest BCUT2D eigenvalue weighted by atomic mass is 79.9. The highest BCUT2D eigenvalue weighted by Gasteiger charge is 2.25. The van der Waals surface area contributed by atoms with Gasteiger partial charge in [0.15, 0.2) is 0 Å². The molecule has 0 saturated carbocycles. The van der Waals surface area contributed by atoms with Gasteiger partial charge in [-0.05, 0) is 36.4 Å². The maximum atomic E-state index is 12.7. The smallest absolute Gasteiger partial charge is 0.265 e. The lowest BCUT2D eigenvalue weighted by molar-refractivity contribution is 0.594. The lowest BCUT2D eigenvalue weighted by atomic mass is 10.3. The first-order chi connectivity index (χ1) is 9.73. The summed E-state index contributed by atoms with van der Waals surface area (Å²) in [6.07, 6.45) is 0. The molecule has 0 aliphatic carbocycles. The molecule has 2 rings (SSSR count). The van der Waals surface area contributed by atoms with Crippen LogP contribution in [0.4, 0.5) is 11.4 Å². The summed E-state index contributed by atoms with van der Waals surface area (Å²) >= 11 is 15.2. The minimum absolute atomic E-state index is 0.00533. The number of hydrogen-bond acceptors (Lipinski definition) is 3. The molecule has 0 aliphatic heterocycles. The molecule has 0 heterocycles. The van der Waals surface area contributed by atoms with Crippen molar-refractivity contribution in [2.45, 2.75) is 4.90 Å². The van der Waals surface area contributed by atoms with Crippen LogP contribution in [0.3, 0.4) is 0 Å². The summed E-state index contributed by atoms with van der Waals surface area (Å²) in [5, 5.41) is 0.514. The van der Waals surface area contributed by atoms with Gasteiger partial charge >= 0.3 is 0 Å². The standard InChI is InChI=1S/C13H11BrCl2N2O2S/c1-18(12-7-9(15)3-4-11(12)17)21(19,20)13-5-2-8(14)6-10(13)16/h2-7H,17H2,1H3. The number of sulfonamides is 1. The molecule has 8 heteroatoms. The predicted molar refractivity (Wildman–Crippen MR) is 90.6 cm³/mol. The van der Waals surface area contributed by atoms with Crippen molar-refractivity contribution in [3.05, 3.63) is 50.9 Å². The summed E-state index contributed by atoms with van der Waals surface area (Å²) in [5.41, 5.74) is 6.42. The molecule has 0 amide bonds. The van der Waals surface area contributed by atoms with Crippen LogP contribution in [-0.4, -0.2) is 15.5 Å². The fraction of sp³-hybridized carbons (Fsp3) is 0.0769. The summed E-state index contributed by atoms with van der Waals surface area (Å²) in [5.74, 6) is 0. The number of benzene rings is 2. The molecule has 0 radical (unpaired) electrons. The fourth-order valence-corrected chi connectivity index (χ4v) is 4.14. The van der Waals surface area contributed by atoms with Gasteiger partial charge in [-0.3, -0.25) is 4.31 Å². The normalized spacial score (nSPS) is 11.4. The van der Waals surface area contributed by atoms with Crippen molar-refractivity contribution in [2.75, 3.05) is 17.1 Å². The maximum Gasteiger partial charge on any atom is 0.265 e. The Morgan fingerprint density at radius 3 is 2.43 bits per heavy atom. The van der Waals surface area contributed by atoms with Crippen LogP contribution in [0.2, 0.25) is 10.0 Å². The highest BCUT2D eigenvalue weighted by molar-refractivity contribution is 9.10. The number of anilines is 2. The average molecular weight is 410 g/mol. The van der Waals surface area contributed by atoms with Crippen LogP contribution < -0.4 is 10.0 Å². The Hall–Kier alpha value is -0.950. The Balaban J connectivity index is 2.55. The van der Waals surface area contributed by atoms with Gasteiger partial charge < -0.3 is 5.73 Å². The Bertz CT molecular complexity index is 797. The van der Waals surface area contributed by atoms with E-state index in [0.29, 0.717) is 20.9 Å². The summed E-state index contributed by atoms with van der Waals surface area (Å²) < 4.78 is 27.1.